The molecule has 1 fully saturated rings. The van der Waals surface area contributed by atoms with E-state index < -0.39 is 5.82 Å². The summed E-state index contributed by atoms with van der Waals surface area (Å²) in [6.45, 7) is 9.36. The number of nitrogens with zero attached hydrogens (tertiary/aromatic N) is 5. The van der Waals surface area contributed by atoms with Crippen LogP contribution in [-0.4, -0.2) is 52.2 Å². The number of nitriles is 1. The average molecular weight is 489 g/mol. The fourth-order valence-electron chi connectivity index (χ4n) is 4.81. The number of hydrogen-bond donors (Lipinski definition) is 1. The van der Waals surface area contributed by atoms with Crippen molar-refractivity contribution in [3.05, 3.63) is 64.7 Å². The summed E-state index contributed by atoms with van der Waals surface area (Å²) in [4.78, 5) is 20.0. The Kier molecular flexibility index (Phi) is 5.65. The van der Waals surface area contributed by atoms with Crippen LogP contribution in [0.5, 0.6) is 0 Å². The van der Waals surface area contributed by atoms with E-state index in [1.807, 2.05) is 30.9 Å². The fraction of sp³-hybridized carbons (Fsp3) is 0.231. The molecule has 1 aliphatic rings. The van der Waals surface area contributed by atoms with Gasteiger partial charge in [-0.2, -0.15) is 10.4 Å². The second-order valence-electron chi connectivity index (χ2n) is 8.60. The lowest BCUT2D eigenvalue weighted by atomic mass is 9.93. The van der Waals surface area contributed by atoms with Gasteiger partial charge in [-0.3, -0.25) is 9.89 Å². The van der Waals surface area contributed by atoms with Gasteiger partial charge < -0.3 is 9.80 Å². The normalized spacial score (nSPS) is 13.9. The molecule has 4 aromatic rings. The minimum atomic E-state index is -0.581. The maximum Gasteiger partial charge on any atom is 0.246 e. The molecule has 0 spiro atoms. The summed E-state index contributed by atoms with van der Waals surface area (Å²) in [6, 6.07) is 9.18. The highest BCUT2D eigenvalue weighted by Crippen LogP contribution is 2.43. The van der Waals surface area contributed by atoms with Crippen LogP contribution in [0.15, 0.2) is 36.9 Å². The molecule has 0 unspecified atom stereocenters. The van der Waals surface area contributed by atoms with Crippen molar-refractivity contribution >= 4 is 45.0 Å². The Bertz CT molecular complexity index is 1560. The van der Waals surface area contributed by atoms with E-state index in [0.29, 0.717) is 48.3 Å². The van der Waals surface area contributed by atoms with Crippen LogP contribution < -0.4 is 4.90 Å². The molecule has 0 saturated carbocycles. The Labute approximate surface area is 206 Å². The van der Waals surface area contributed by atoms with E-state index in [1.54, 1.807) is 17.0 Å². The van der Waals surface area contributed by atoms with Gasteiger partial charge in [-0.1, -0.05) is 24.2 Å². The third-order valence-corrected chi connectivity index (χ3v) is 6.85. The lowest BCUT2D eigenvalue weighted by Crippen LogP contribution is -2.48. The van der Waals surface area contributed by atoms with Gasteiger partial charge in [-0.15, -0.1) is 0 Å². The third-order valence-electron chi connectivity index (χ3n) is 6.56. The number of aromatic nitrogens is 3. The van der Waals surface area contributed by atoms with Crippen molar-refractivity contribution in [3.63, 3.8) is 0 Å². The van der Waals surface area contributed by atoms with Crippen LogP contribution in [-0.2, 0) is 4.79 Å². The van der Waals surface area contributed by atoms with Crippen molar-refractivity contribution in [2.24, 2.45) is 0 Å². The van der Waals surface area contributed by atoms with Crippen LogP contribution in [0.25, 0.3) is 32.9 Å². The summed E-state index contributed by atoms with van der Waals surface area (Å²) < 4.78 is 16.3. The largest absolute Gasteiger partial charge is 0.367 e. The van der Waals surface area contributed by atoms with Crippen LogP contribution in [0.2, 0.25) is 5.02 Å². The number of anilines is 1. The number of aromatic amines is 1. The Hall–Kier alpha value is -3.96. The standard InChI is InChI=1S/C26H22ClFN6O/c1-4-21(35)34-9-7-33(8-10-34)20-11-16(13-29)30-26-17(20)12-18(27)24(25(26)28)22-14(2)5-6-19-23(22)15(3)31-32-19/h4-6,11-12H,1,7-10H2,2-3H3,(H,31,32). The van der Waals surface area contributed by atoms with Crippen LogP contribution in [0, 0.1) is 31.0 Å². The van der Waals surface area contributed by atoms with Crippen molar-refractivity contribution in [2.75, 3.05) is 31.1 Å². The molecule has 1 N–H and O–H groups in total. The molecule has 176 valence electrons. The number of nitrogens with one attached hydrogen (secondary N) is 1. The molecule has 3 heterocycles. The molecule has 2 aromatic carbocycles. The number of pyridine rings is 1. The maximum absolute atomic E-state index is 16.3. The third kappa shape index (κ3) is 3.69. The molecule has 5 rings (SSSR count). The van der Waals surface area contributed by atoms with Gasteiger partial charge in [-0.05, 0) is 43.7 Å². The number of carbonyl (C=O) groups is 1. The summed E-state index contributed by atoms with van der Waals surface area (Å²) in [7, 11) is 0. The second-order valence-corrected chi connectivity index (χ2v) is 9.01. The van der Waals surface area contributed by atoms with E-state index >= 15 is 4.39 Å². The molecule has 1 aliphatic heterocycles. The van der Waals surface area contributed by atoms with Crippen molar-refractivity contribution < 1.29 is 9.18 Å². The minimum Gasteiger partial charge on any atom is -0.367 e. The SMILES string of the molecule is C=CC(=O)N1CCN(c2cc(C#N)nc3c(F)c(-c4c(C)ccc5n[nH]c(C)c45)c(Cl)cc23)CC1. The quantitative estimate of drug-likeness (QED) is 0.414. The van der Waals surface area contributed by atoms with Crippen molar-refractivity contribution in [2.45, 2.75) is 13.8 Å². The summed E-state index contributed by atoms with van der Waals surface area (Å²) >= 11 is 6.76. The zero-order valence-electron chi connectivity index (χ0n) is 19.3. The van der Waals surface area contributed by atoms with Crippen LogP contribution >= 0.6 is 11.6 Å². The van der Waals surface area contributed by atoms with Gasteiger partial charge in [0.25, 0.3) is 0 Å². The zero-order chi connectivity index (χ0) is 24.9. The number of H-pyrrole nitrogens is 1. The second kappa shape index (κ2) is 8.67. The first-order valence-electron chi connectivity index (χ1n) is 11.2. The van der Waals surface area contributed by atoms with Crippen molar-refractivity contribution in [1.29, 1.82) is 5.26 Å². The van der Waals surface area contributed by atoms with E-state index in [9.17, 15) is 10.1 Å². The Morgan fingerprint density at radius 1 is 1.23 bits per heavy atom. The molecule has 1 saturated heterocycles. The molecular formula is C26H22ClFN6O. The number of hydrogen-bond acceptors (Lipinski definition) is 5. The predicted octanol–water partition coefficient (Wildman–Crippen LogP) is 4.89. The highest BCUT2D eigenvalue weighted by Gasteiger charge is 2.26. The smallest absolute Gasteiger partial charge is 0.246 e. The number of halogens is 2. The lowest BCUT2D eigenvalue weighted by molar-refractivity contribution is -0.126. The number of aryl methyl sites for hydroxylation is 2. The van der Waals surface area contributed by atoms with Gasteiger partial charge in [0.15, 0.2) is 5.82 Å². The number of benzene rings is 2. The number of rotatable bonds is 3. The summed E-state index contributed by atoms with van der Waals surface area (Å²) in [5, 5.41) is 18.5. The number of piperazine rings is 1. The van der Waals surface area contributed by atoms with Crippen LogP contribution in [0.4, 0.5) is 10.1 Å². The van der Waals surface area contributed by atoms with Gasteiger partial charge in [0.1, 0.15) is 17.3 Å². The Morgan fingerprint density at radius 2 is 1.97 bits per heavy atom. The lowest BCUT2D eigenvalue weighted by Gasteiger charge is -2.36. The van der Waals surface area contributed by atoms with E-state index in [-0.39, 0.29) is 27.7 Å². The van der Waals surface area contributed by atoms with Crippen LogP contribution in [0.3, 0.4) is 0 Å². The van der Waals surface area contributed by atoms with Gasteiger partial charge in [-0.25, -0.2) is 9.37 Å². The zero-order valence-corrected chi connectivity index (χ0v) is 20.1. The maximum atomic E-state index is 16.3. The fourth-order valence-corrected chi connectivity index (χ4v) is 5.10. The van der Waals surface area contributed by atoms with E-state index in [0.717, 1.165) is 16.6 Å². The minimum absolute atomic E-state index is 0.0839. The van der Waals surface area contributed by atoms with Gasteiger partial charge in [0.05, 0.1) is 10.5 Å². The first-order chi connectivity index (χ1) is 16.8. The molecule has 1 amide bonds. The molecule has 2 aromatic heterocycles. The van der Waals surface area contributed by atoms with Crippen molar-refractivity contribution in [3.8, 4) is 17.2 Å². The van der Waals surface area contributed by atoms with E-state index in [2.05, 4.69) is 27.8 Å². The van der Waals surface area contributed by atoms with Gasteiger partial charge in [0.2, 0.25) is 5.91 Å². The number of fused-ring (bicyclic) bond motifs is 2. The highest BCUT2D eigenvalue weighted by molar-refractivity contribution is 6.35. The number of carbonyl (C=O) groups excluding carboxylic acids is 1. The molecule has 7 nitrogen and oxygen atoms in total. The Morgan fingerprint density at radius 3 is 2.66 bits per heavy atom. The molecule has 0 radical (unpaired) electrons. The monoisotopic (exact) mass is 488 g/mol. The highest BCUT2D eigenvalue weighted by atomic mass is 35.5. The van der Waals surface area contributed by atoms with E-state index in [4.69, 9.17) is 11.6 Å². The number of amides is 1. The molecule has 35 heavy (non-hydrogen) atoms. The average Bonchev–Trinajstić information content (AvgIpc) is 3.25. The molecule has 0 aliphatic carbocycles. The summed E-state index contributed by atoms with van der Waals surface area (Å²) in [6.07, 6.45) is 1.30. The first kappa shape index (κ1) is 22.8. The van der Waals surface area contributed by atoms with Gasteiger partial charge >= 0.3 is 0 Å². The summed E-state index contributed by atoms with van der Waals surface area (Å²) in [5.74, 6) is -0.706. The Balaban J connectivity index is 1.71. The van der Waals surface area contributed by atoms with Gasteiger partial charge in [0, 0.05) is 59.5 Å². The predicted molar refractivity (Wildman–Crippen MR) is 135 cm³/mol. The molecule has 0 bridgehead atoms. The molecule has 0 atom stereocenters. The molecular weight excluding hydrogens is 467 g/mol. The van der Waals surface area contributed by atoms with Crippen LogP contribution in [0.1, 0.15) is 17.0 Å². The molecule has 9 heteroatoms. The summed E-state index contributed by atoms with van der Waals surface area (Å²) in [5.41, 5.74) is 4.12. The van der Waals surface area contributed by atoms with Crippen molar-refractivity contribution in [1.82, 2.24) is 20.1 Å². The first-order valence-corrected chi connectivity index (χ1v) is 11.6. The van der Waals surface area contributed by atoms with E-state index in [1.165, 1.54) is 6.08 Å². The topological polar surface area (TPSA) is 88.9 Å².